The lowest BCUT2D eigenvalue weighted by molar-refractivity contribution is -0.144. The van der Waals surface area contributed by atoms with Crippen molar-refractivity contribution in [2.24, 2.45) is 34.0 Å². The van der Waals surface area contributed by atoms with Gasteiger partial charge in [0.25, 0.3) is 0 Å². The van der Waals surface area contributed by atoms with Gasteiger partial charge in [0.15, 0.2) is 5.96 Å². The predicted octanol–water partition coefficient (Wildman–Crippen LogP) is -4.58. The minimum Gasteiger partial charge on any atom is -0.481 e. The molecule has 6 amide bonds. The van der Waals surface area contributed by atoms with E-state index >= 15 is 0 Å². The van der Waals surface area contributed by atoms with Crippen molar-refractivity contribution in [2.45, 2.75) is 122 Å². The number of guanidine groups is 1. The summed E-state index contributed by atoms with van der Waals surface area (Å²) >= 11 is 0. The van der Waals surface area contributed by atoms with Gasteiger partial charge in [-0.25, -0.2) is 4.79 Å². The average molecular weight is 787 g/mol. The summed E-state index contributed by atoms with van der Waals surface area (Å²) in [5, 5.41) is 49.7. The number of carbonyl (C=O) groups excluding carboxylic acids is 6. The van der Waals surface area contributed by atoms with Crippen LogP contribution in [0.15, 0.2) is 4.99 Å². The molecular weight excluding hydrogens is 728 g/mol. The Hall–Kier alpha value is -5.09. The smallest absolute Gasteiger partial charge is 0.328 e. The third-order valence-electron chi connectivity index (χ3n) is 8.76. The fourth-order valence-electron chi connectivity index (χ4n) is 5.59. The van der Waals surface area contributed by atoms with Gasteiger partial charge in [0.05, 0.1) is 18.8 Å². The topological polar surface area (TPSA) is 371 Å². The normalized spacial score (nSPS) is 17.8. The molecule has 0 aromatic rings. The maximum Gasteiger partial charge on any atom is 0.328 e. The number of carboxylic acid groups (broad SMARTS) is 2. The molecule has 0 aromatic heterocycles. The zero-order chi connectivity index (χ0) is 42.2. The number of aliphatic hydroxyl groups excluding tert-OH is 2. The molecule has 1 aliphatic rings. The predicted molar refractivity (Wildman–Crippen MR) is 195 cm³/mol. The first-order valence-electron chi connectivity index (χ1n) is 18.0. The molecule has 1 fully saturated rings. The van der Waals surface area contributed by atoms with Crippen LogP contribution in [0, 0.1) is 11.8 Å². The van der Waals surface area contributed by atoms with Crippen molar-refractivity contribution < 1.29 is 58.8 Å². The van der Waals surface area contributed by atoms with Crippen LogP contribution in [-0.2, 0) is 38.4 Å². The molecule has 312 valence electrons. The van der Waals surface area contributed by atoms with Crippen LogP contribution in [0.3, 0.4) is 0 Å². The van der Waals surface area contributed by atoms with Gasteiger partial charge in [-0.3, -0.25) is 38.6 Å². The van der Waals surface area contributed by atoms with Crippen LogP contribution in [-0.4, -0.2) is 147 Å². The molecule has 0 aliphatic carbocycles. The van der Waals surface area contributed by atoms with Gasteiger partial charge in [0.1, 0.15) is 36.3 Å². The molecular formula is C33H58N10O12. The Kier molecular flexibility index (Phi) is 20.0. The van der Waals surface area contributed by atoms with Crippen LogP contribution in [0.2, 0.25) is 0 Å². The lowest BCUT2D eigenvalue weighted by atomic mass is 10.00. The number of aliphatic carboxylic acids is 2. The number of nitrogens with two attached hydrogens (primary N) is 3. The first kappa shape index (κ1) is 47.9. The largest absolute Gasteiger partial charge is 0.481 e. The monoisotopic (exact) mass is 786 g/mol. The molecule has 1 heterocycles. The zero-order valence-electron chi connectivity index (χ0n) is 31.8. The third kappa shape index (κ3) is 15.7. The van der Waals surface area contributed by atoms with Gasteiger partial charge in [-0.1, -0.05) is 27.7 Å². The quantitative estimate of drug-likeness (QED) is 0.0263. The summed E-state index contributed by atoms with van der Waals surface area (Å²) in [5.41, 5.74) is 16.6. The number of aliphatic hydroxyl groups is 2. The number of carboxylic acids is 2. The highest BCUT2D eigenvalue weighted by molar-refractivity contribution is 5.97. The summed E-state index contributed by atoms with van der Waals surface area (Å²) in [6.45, 7) is 7.00. The molecule has 15 N–H and O–H groups in total. The van der Waals surface area contributed by atoms with Gasteiger partial charge >= 0.3 is 11.9 Å². The van der Waals surface area contributed by atoms with E-state index in [1.165, 1.54) is 4.90 Å². The van der Waals surface area contributed by atoms with E-state index in [9.17, 15) is 53.7 Å². The van der Waals surface area contributed by atoms with Crippen LogP contribution in [0.4, 0.5) is 0 Å². The summed E-state index contributed by atoms with van der Waals surface area (Å²) in [6.07, 6.45) is -1.34. The van der Waals surface area contributed by atoms with Gasteiger partial charge in [-0.15, -0.1) is 0 Å². The number of hydrogen-bond donors (Lipinski definition) is 12. The lowest BCUT2D eigenvalue weighted by Gasteiger charge is -2.32. The van der Waals surface area contributed by atoms with E-state index in [1.54, 1.807) is 27.7 Å². The molecule has 0 unspecified atom stereocenters. The Morgan fingerprint density at radius 2 is 1.33 bits per heavy atom. The second-order valence-electron chi connectivity index (χ2n) is 14.0. The fourth-order valence-corrected chi connectivity index (χ4v) is 5.59. The minimum atomic E-state index is -1.73. The number of nitrogens with zero attached hydrogens (tertiary/aromatic N) is 2. The Morgan fingerprint density at radius 3 is 1.84 bits per heavy atom. The molecule has 0 saturated carbocycles. The molecule has 22 heteroatoms. The summed E-state index contributed by atoms with van der Waals surface area (Å²) in [7, 11) is 0. The highest BCUT2D eigenvalue weighted by Gasteiger charge is 2.41. The number of rotatable bonds is 23. The summed E-state index contributed by atoms with van der Waals surface area (Å²) in [5.74, 6) is -8.79. The second-order valence-corrected chi connectivity index (χ2v) is 14.0. The molecule has 0 bridgehead atoms. The van der Waals surface area contributed by atoms with E-state index in [1.807, 2.05) is 5.32 Å². The molecule has 22 nitrogen and oxygen atoms in total. The Morgan fingerprint density at radius 1 is 0.764 bits per heavy atom. The van der Waals surface area contributed by atoms with Crippen molar-refractivity contribution in [3.63, 3.8) is 0 Å². The average Bonchev–Trinajstić information content (AvgIpc) is 3.59. The number of nitrogens with one attached hydrogen (secondary N) is 5. The molecule has 0 spiro atoms. The minimum absolute atomic E-state index is 0.0427. The van der Waals surface area contributed by atoms with Crippen molar-refractivity contribution in [3.8, 4) is 0 Å². The van der Waals surface area contributed by atoms with Crippen LogP contribution in [0.1, 0.15) is 73.1 Å². The highest BCUT2D eigenvalue weighted by Crippen LogP contribution is 2.21. The maximum atomic E-state index is 13.7. The number of likely N-dealkylation sites (tertiary alicyclic amines) is 1. The van der Waals surface area contributed by atoms with Crippen LogP contribution < -0.4 is 43.8 Å². The van der Waals surface area contributed by atoms with E-state index in [-0.39, 0.29) is 51.2 Å². The van der Waals surface area contributed by atoms with Gasteiger partial charge < -0.3 is 69.1 Å². The van der Waals surface area contributed by atoms with Crippen molar-refractivity contribution in [1.82, 2.24) is 31.5 Å². The molecule has 1 aliphatic heterocycles. The van der Waals surface area contributed by atoms with E-state index in [2.05, 4.69) is 26.3 Å². The van der Waals surface area contributed by atoms with Gasteiger partial charge in [-0.05, 0) is 50.9 Å². The summed E-state index contributed by atoms with van der Waals surface area (Å²) < 4.78 is 0. The van der Waals surface area contributed by atoms with E-state index in [0.717, 1.165) is 6.92 Å². The summed E-state index contributed by atoms with van der Waals surface area (Å²) in [6, 6.07) is -9.37. The van der Waals surface area contributed by atoms with Crippen molar-refractivity contribution >= 4 is 53.3 Å². The van der Waals surface area contributed by atoms with Crippen molar-refractivity contribution in [1.29, 1.82) is 0 Å². The third-order valence-corrected chi connectivity index (χ3v) is 8.76. The molecule has 8 atom stereocenters. The Balaban J connectivity index is 3.23. The van der Waals surface area contributed by atoms with Crippen LogP contribution in [0.25, 0.3) is 0 Å². The second kappa shape index (κ2) is 23.0. The number of aliphatic imine (C=N–C) groups is 1. The number of carbonyl (C=O) groups is 8. The molecule has 1 saturated heterocycles. The van der Waals surface area contributed by atoms with Crippen LogP contribution >= 0.6 is 0 Å². The van der Waals surface area contributed by atoms with Gasteiger partial charge in [0.2, 0.25) is 35.4 Å². The van der Waals surface area contributed by atoms with Crippen LogP contribution in [0.5, 0.6) is 0 Å². The lowest BCUT2D eigenvalue weighted by Crippen LogP contribution is -2.61. The molecule has 0 aromatic carbocycles. The molecule has 55 heavy (non-hydrogen) atoms. The SMILES string of the molecule is CC(C)[C@H](NC(=O)[C@@H]1CCCN1C(=O)[C@@H](NC(=O)[C@@H](N)CCC(=O)O)C(C)C)C(=O)N[C@@H](CCCN=C(N)N)C(=O)N[C@H](C(=O)N[C@@H](CO)C(=O)O)[C@@H](C)O. The van der Waals surface area contributed by atoms with Crippen molar-refractivity contribution in [2.75, 3.05) is 19.7 Å². The Bertz CT molecular complexity index is 1400. The maximum absolute atomic E-state index is 13.7. The van der Waals surface area contributed by atoms with E-state index in [0.29, 0.717) is 6.42 Å². The van der Waals surface area contributed by atoms with Gasteiger partial charge in [-0.2, -0.15) is 0 Å². The van der Waals surface area contributed by atoms with Gasteiger partial charge in [0, 0.05) is 19.5 Å². The molecule has 1 rings (SSSR count). The number of amides is 6. The Labute approximate surface area is 318 Å². The highest BCUT2D eigenvalue weighted by atomic mass is 16.4. The molecule has 0 radical (unpaired) electrons. The van der Waals surface area contributed by atoms with Crippen molar-refractivity contribution in [3.05, 3.63) is 0 Å². The van der Waals surface area contributed by atoms with E-state index < -0.39 is 114 Å². The number of hydrogen-bond acceptors (Lipinski definition) is 12. The first-order valence-corrected chi connectivity index (χ1v) is 18.0. The summed E-state index contributed by atoms with van der Waals surface area (Å²) in [4.78, 5) is 108. The fraction of sp³-hybridized carbons (Fsp3) is 0.727. The standard InChI is InChI=1S/C33H58N10O12/c1-15(2)23(40-28(50)21-9-7-13-43(21)31(53)24(16(3)4)41-26(48)18(34)10-11-22(46)47)29(51)38-19(8-6-12-37-33(35)36)27(49)42-25(17(5)45)30(52)39-20(14-44)32(54)55/h15-21,23-25,44-45H,6-14,34H2,1-5H3,(H,38,51)(H,39,52)(H,40,50)(H,41,48)(H,42,49)(H,46,47)(H,54,55)(H4,35,36,37)/t17-,18+,19+,20+,21+,23+,24+,25+/m1/s1. The zero-order valence-corrected chi connectivity index (χ0v) is 31.8. The first-order chi connectivity index (χ1) is 25.6. The van der Waals surface area contributed by atoms with E-state index in [4.69, 9.17) is 22.3 Å².